The lowest BCUT2D eigenvalue weighted by molar-refractivity contribution is -0.144. The average molecular weight is 269 g/mol. The van der Waals surface area contributed by atoms with E-state index in [4.69, 9.17) is 0 Å². The van der Waals surface area contributed by atoms with Gasteiger partial charge in [-0.2, -0.15) is 0 Å². The van der Waals surface area contributed by atoms with Crippen LogP contribution in [-0.4, -0.2) is 71.7 Å². The predicted molar refractivity (Wildman–Crippen MR) is 75.3 cm³/mol. The van der Waals surface area contributed by atoms with Crippen LogP contribution in [0, 0.1) is 0 Å². The molecule has 0 aromatic rings. The third-order valence-electron chi connectivity index (χ3n) is 5.28. The fourth-order valence-electron chi connectivity index (χ4n) is 3.60. The lowest BCUT2D eigenvalue weighted by atomic mass is 9.97. The largest absolute Gasteiger partial charge is 0.480 e. The predicted octanol–water partition coefficient (Wildman–Crippen LogP) is 0.606. The van der Waals surface area contributed by atoms with E-state index in [2.05, 4.69) is 36.0 Å². The van der Waals surface area contributed by atoms with Crippen molar-refractivity contribution in [2.24, 2.45) is 0 Å². The minimum absolute atomic E-state index is 0.405. The van der Waals surface area contributed by atoms with Crippen LogP contribution in [0.3, 0.4) is 0 Å². The first-order valence-electron chi connectivity index (χ1n) is 7.28. The molecule has 0 aromatic carbocycles. The van der Waals surface area contributed by atoms with Gasteiger partial charge in [0.15, 0.2) is 0 Å². The molecule has 2 aliphatic rings. The standard InChI is InChI=1S/C14H27N3O2/c1-10-8-17(9-11(2)16(10)4)12-5-6-14(7-12,15-3)13(18)19/h10-12,15H,5-9H2,1-4H3,(H,18,19). The van der Waals surface area contributed by atoms with Crippen molar-refractivity contribution < 1.29 is 9.90 Å². The van der Waals surface area contributed by atoms with E-state index in [1.807, 2.05) is 0 Å². The first-order valence-corrected chi connectivity index (χ1v) is 7.28. The molecular formula is C14H27N3O2. The molecule has 19 heavy (non-hydrogen) atoms. The molecule has 0 amide bonds. The van der Waals surface area contributed by atoms with Crippen LogP contribution in [0.2, 0.25) is 0 Å². The average Bonchev–Trinajstić information content (AvgIpc) is 2.81. The van der Waals surface area contributed by atoms with Gasteiger partial charge in [-0.25, -0.2) is 0 Å². The molecule has 2 rings (SSSR count). The number of piperazine rings is 1. The van der Waals surface area contributed by atoms with Crippen molar-refractivity contribution in [1.29, 1.82) is 0 Å². The smallest absolute Gasteiger partial charge is 0.323 e. The summed E-state index contributed by atoms with van der Waals surface area (Å²) in [7, 11) is 3.95. The normalized spacial score (nSPS) is 41.6. The number of hydrogen-bond acceptors (Lipinski definition) is 4. The molecule has 0 bridgehead atoms. The van der Waals surface area contributed by atoms with Crippen LogP contribution in [0.4, 0.5) is 0 Å². The highest BCUT2D eigenvalue weighted by Crippen LogP contribution is 2.34. The van der Waals surface area contributed by atoms with Crippen molar-refractivity contribution in [2.45, 2.75) is 56.8 Å². The summed E-state index contributed by atoms with van der Waals surface area (Å²) in [6.45, 7) is 6.59. The van der Waals surface area contributed by atoms with Gasteiger partial charge in [-0.05, 0) is 47.2 Å². The lowest BCUT2D eigenvalue weighted by Crippen LogP contribution is -2.58. The van der Waals surface area contributed by atoms with Gasteiger partial charge in [0.2, 0.25) is 0 Å². The topological polar surface area (TPSA) is 55.8 Å². The minimum Gasteiger partial charge on any atom is -0.480 e. The number of aliphatic carboxylic acids is 1. The summed E-state index contributed by atoms with van der Waals surface area (Å²) >= 11 is 0. The Labute approximate surface area is 115 Å². The first kappa shape index (κ1) is 14.8. The number of carbonyl (C=O) groups is 1. The molecule has 5 nitrogen and oxygen atoms in total. The van der Waals surface area contributed by atoms with Crippen molar-refractivity contribution in [2.75, 3.05) is 27.2 Å². The van der Waals surface area contributed by atoms with Gasteiger partial charge >= 0.3 is 5.97 Å². The second-order valence-electron chi connectivity index (χ2n) is 6.35. The maximum absolute atomic E-state index is 11.5. The number of likely N-dealkylation sites (N-methyl/N-ethyl adjacent to an activating group) is 2. The number of rotatable bonds is 3. The summed E-state index contributed by atoms with van der Waals surface area (Å²) in [6.07, 6.45) is 2.44. The van der Waals surface area contributed by atoms with Crippen molar-refractivity contribution in [3.63, 3.8) is 0 Å². The van der Waals surface area contributed by atoms with Crippen LogP contribution < -0.4 is 5.32 Å². The Morgan fingerprint density at radius 3 is 2.32 bits per heavy atom. The van der Waals surface area contributed by atoms with E-state index < -0.39 is 11.5 Å². The van der Waals surface area contributed by atoms with Gasteiger partial charge in [0.05, 0.1) is 0 Å². The highest BCUT2D eigenvalue weighted by Gasteiger charge is 2.47. The Kier molecular flexibility index (Phi) is 4.18. The van der Waals surface area contributed by atoms with E-state index >= 15 is 0 Å². The van der Waals surface area contributed by atoms with Crippen LogP contribution in [0.25, 0.3) is 0 Å². The molecule has 2 N–H and O–H groups in total. The zero-order valence-electron chi connectivity index (χ0n) is 12.5. The Morgan fingerprint density at radius 2 is 1.89 bits per heavy atom. The molecule has 1 aliphatic carbocycles. The van der Waals surface area contributed by atoms with Gasteiger partial charge in [0.25, 0.3) is 0 Å². The van der Waals surface area contributed by atoms with Gasteiger partial charge in [0, 0.05) is 31.2 Å². The molecule has 0 spiro atoms. The van der Waals surface area contributed by atoms with E-state index in [0.29, 0.717) is 18.1 Å². The second-order valence-corrected chi connectivity index (χ2v) is 6.35. The molecule has 4 atom stereocenters. The molecule has 4 unspecified atom stereocenters. The van der Waals surface area contributed by atoms with Crippen LogP contribution in [0.1, 0.15) is 33.1 Å². The molecule has 2 fully saturated rings. The summed E-state index contributed by atoms with van der Waals surface area (Å²) in [5, 5.41) is 12.5. The SMILES string of the molecule is CNC1(C(=O)O)CCC(N2CC(C)N(C)C(C)C2)C1. The quantitative estimate of drug-likeness (QED) is 0.786. The number of nitrogens with zero attached hydrogens (tertiary/aromatic N) is 2. The van der Waals surface area contributed by atoms with Gasteiger partial charge < -0.3 is 10.4 Å². The van der Waals surface area contributed by atoms with Crippen LogP contribution in [0.5, 0.6) is 0 Å². The van der Waals surface area contributed by atoms with E-state index in [0.717, 1.165) is 32.4 Å². The highest BCUT2D eigenvalue weighted by atomic mass is 16.4. The number of carboxylic acids is 1. The van der Waals surface area contributed by atoms with Gasteiger partial charge in [-0.3, -0.25) is 14.6 Å². The number of carboxylic acid groups (broad SMARTS) is 1. The molecule has 1 heterocycles. The fraction of sp³-hybridized carbons (Fsp3) is 0.929. The molecule has 1 aliphatic heterocycles. The summed E-state index contributed by atoms with van der Waals surface area (Å²) in [4.78, 5) is 16.4. The van der Waals surface area contributed by atoms with E-state index in [9.17, 15) is 9.90 Å². The van der Waals surface area contributed by atoms with Crippen molar-refractivity contribution in [3.8, 4) is 0 Å². The Morgan fingerprint density at radius 1 is 1.32 bits per heavy atom. The highest BCUT2D eigenvalue weighted by molar-refractivity contribution is 5.79. The van der Waals surface area contributed by atoms with Crippen molar-refractivity contribution in [3.05, 3.63) is 0 Å². The van der Waals surface area contributed by atoms with Crippen molar-refractivity contribution >= 4 is 5.97 Å². The van der Waals surface area contributed by atoms with Crippen LogP contribution in [-0.2, 0) is 4.79 Å². The van der Waals surface area contributed by atoms with Gasteiger partial charge in [-0.15, -0.1) is 0 Å². The summed E-state index contributed by atoms with van der Waals surface area (Å²) in [5.74, 6) is -0.701. The molecule has 1 saturated carbocycles. The van der Waals surface area contributed by atoms with Crippen LogP contribution in [0.15, 0.2) is 0 Å². The second kappa shape index (κ2) is 5.38. The molecule has 0 aromatic heterocycles. The molecule has 0 radical (unpaired) electrons. The number of hydrogen-bond donors (Lipinski definition) is 2. The van der Waals surface area contributed by atoms with Gasteiger partial charge in [0.1, 0.15) is 5.54 Å². The van der Waals surface area contributed by atoms with E-state index in [1.54, 1.807) is 7.05 Å². The first-order chi connectivity index (χ1) is 8.89. The summed E-state index contributed by atoms with van der Waals surface area (Å²) < 4.78 is 0. The summed E-state index contributed by atoms with van der Waals surface area (Å²) in [6, 6.07) is 1.48. The van der Waals surface area contributed by atoms with E-state index in [1.165, 1.54) is 0 Å². The summed E-state index contributed by atoms with van der Waals surface area (Å²) in [5.41, 5.74) is -0.708. The number of nitrogens with one attached hydrogen (secondary N) is 1. The molecule has 5 heteroatoms. The Hall–Kier alpha value is -0.650. The molecule has 110 valence electrons. The third-order valence-corrected chi connectivity index (χ3v) is 5.28. The minimum atomic E-state index is -0.708. The van der Waals surface area contributed by atoms with Crippen molar-refractivity contribution in [1.82, 2.24) is 15.1 Å². The maximum Gasteiger partial charge on any atom is 0.323 e. The van der Waals surface area contributed by atoms with Gasteiger partial charge in [-0.1, -0.05) is 0 Å². The fourth-order valence-corrected chi connectivity index (χ4v) is 3.60. The zero-order valence-corrected chi connectivity index (χ0v) is 12.5. The zero-order chi connectivity index (χ0) is 14.2. The van der Waals surface area contributed by atoms with Crippen LogP contribution >= 0.6 is 0 Å². The monoisotopic (exact) mass is 269 g/mol. The van der Waals surface area contributed by atoms with E-state index in [-0.39, 0.29) is 0 Å². The third kappa shape index (κ3) is 2.64. The Balaban J connectivity index is 2.03. The molecule has 1 saturated heterocycles. The lowest BCUT2D eigenvalue weighted by Gasteiger charge is -2.45. The Bertz CT molecular complexity index is 338. The maximum atomic E-state index is 11.5. The molecular weight excluding hydrogens is 242 g/mol.